The summed E-state index contributed by atoms with van der Waals surface area (Å²) in [5.41, 5.74) is 8.12. The van der Waals surface area contributed by atoms with Crippen molar-refractivity contribution in [2.45, 2.75) is 25.9 Å². The fraction of sp³-hybridized carbons (Fsp3) is 0.357. The van der Waals surface area contributed by atoms with Gasteiger partial charge in [-0.3, -0.25) is 4.68 Å². The number of ether oxygens (including phenoxy) is 1. The van der Waals surface area contributed by atoms with Gasteiger partial charge in [0.25, 0.3) is 0 Å². The van der Waals surface area contributed by atoms with E-state index in [1.165, 1.54) is 0 Å². The Labute approximate surface area is 132 Å². The van der Waals surface area contributed by atoms with Gasteiger partial charge in [0, 0.05) is 6.04 Å². The van der Waals surface area contributed by atoms with E-state index in [9.17, 15) is 0 Å². The van der Waals surface area contributed by atoms with Crippen LogP contribution in [0.25, 0.3) is 0 Å². The monoisotopic (exact) mass is 357 g/mol. The molecule has 1 atom stereocenters. The lowest BCUT2D eigenvalue weighted by Crippen LogP contribution is -2.19. The number of hydrogen-bond acceptors (Lipinski definition) is 3. The predicted octanol–water partition coefficient (Wildman–Crippen LogP) is 3.94. The van der Waals surface area contributed by atoms with Crippen molar-refractivity contribution >= 4 is 27.5 Å². The standard InChI is InChI=1S/C14H17BrClN3O/c1-8(2)19-14(11(16)7-18-19)13(17)9-4-5-12(20-3)10(15)6-9/h4-8,13H,17H2,1-3H3. The van der Waals surface area contributed by atoms with Gasteiger partial charge in [-0.25, -0.2) is 0 Å². The van der Waals surface area contributed by atoms with Crippen LogP contribution >= 0.6 is 27.5 Å². The lowest BCUT2D eigenvalue weighted by Gasteiger charge is -2.18. The van der Waals surface area contributed by atoms with Gasteiger partial charge in [0.15, 0.2) is 0 Å². The van der Waals surface area contributed by atoms with Crippen LogP contribution in [0.5, 0.6) is 5.75 Å². The van der Waals surface area contributed by atoms with E-state index < -0.39 is 0 Å². The molecule has 20 heavy (non-hydrogen) atoms. The van der Waals surface area contributed by atoms with E-state index in [0.29, 0.717) is 5.02 Å². The normalized spacial score (nSPS) is 12.8. The third-order valence-electron chi connectivity index (χ3n) is 3.11. The van der Waals surface area contributed by atoms with Crippen LogP contribution in [0.15, 0.2) is 28.9 Å². The van der Waals surface area contributed by atoms with Crippen LogP contribution < -0.4 is 10.5 Å². The van der Waals surface area contributed by atoms with Crippen LogP contribution in [0.2, 0.25) is 5.02 Å². The van der Waals surface area contributed by atoms with E-state index in [0.717, 1.165) is 21.5 Å². The highest BCUT2D eigenvalue weighted by atomic mass is 79.9. The van der Waals surface area contributed by atoms with E-state index in [2.05, 4.69) is 21.0 Å². The first-order valence-electron chi connectivity index (χ1n) is 6.27. The van der Waals surface area contributed by atoms with Crippen LogP contribution in [0.3, 0.4) is 0 Å². The summed E-state index contributed by atoms with van der Waals surface area (Å²) in [5.74, 6) is 0.768. The molecule has 0 bridgehead atoms. The smallest absolute Gasteiger partial charge is 0.133 e. The Morgan fingerprint density at radius 3 is 2.65 bits per heavy atom. The zero-order chi connectivity index (χ0) is 14.9. The van der Waals surface area contributed by atoms with Crippen molar-refractivity contribution in [2.24, 2.45) is 5.73 Å². The highest BCUT2D eigenvalue weighted by Crippen LogP contribution is 2.32. The van der Waals surface area contributed by atoms with Gasteiger partial charge < -0.3 is 10.5 Å². The fourth-order valence-corrected chi connectivity index (χ4v) is 2.89. The van der Waals surface area contributed by atoms with E-state index in [1.807, 2.05) is 36.7 Å². The van der Waals surface area contributed by atoms with Crippen molar-refractivity contribution in [3.8, 4) is 5.75 Å². The first-order chi connectivity index (χ1) is 9.45. The fourth-order valence-electron chi connectivity index (χ4n) is 2.09. The number of nitrogens with two attached hydrogens (primary N) is 1. The first kappa shape index (κ1) is 15.4. The highest BCUT2D eigenvalue weighted by Gasteiger charge is 2.20. The van der Waals surface area contributed by atoms with E-state index in [1.54, 1.807) is 13.3 Å². The number of aromatic nitrogens is 2. The molecule has 1 unspecified atom stereocenters. The lowest BCUT2D eigenvalue weighted by molar-refractivity contribution is 0.412. The average Bonchev–Trinajstić information content (AvgIpc) is 2.80. The van der Waals surface area contributed by atoms with Crippen LogP contribution in [-0.2, 0) is 0 Å². The van der Waals surface area contributed by atoms with E-state index in [4.69, 9.17) is 22.1 Å². The molecule has 0 aliphatic carbocycles. The summed E-state index contributed by atoms with van der Waals surface area (Å²) in [4.78, 5) is 0. The summed E-state index contributed by atoms with van der Waals surface area (Å²) in [6.45, 7) is 4.09. The summed E-state index contributed by atoms with van der Waals surface area (Å²) in [5, 5.41) is 4.87. The van der Waals surface area contributed by atoms with Gasteiger partial charge in [-0.15, -0.1) is 0 Å². The second-order valence-electron chi connectivity index (χ2n) is 4.79. The number of benzene rings is 1. The molecule has 6 heteroatoms. The summed E-state index contributed by atoms with van der Waals surface area (Å²) < 4.78 is 7.94. The summed E-state index contributed by atoms with van der Waals surface area (Å²) in [7, 11) is 1.63. The molecule has 0 aliphatic heterocycles. The second kappa shape index (κ2) is 6.16. The number of methoxy groups -OCH3 is 1. The maximum atomic E-state index is 6.35. The zero-order valence-corrected chi connectivity index (χ0v) is 13.9. The molecule has 0 fully saturated rings. The highest BCUT2D eigenvalue weighted by molar-refractivity contribution is 9.10. The Morgan fingerprint density at radius 1 is 1.40 bits per heavy atom. The van der Waals surface area contributed by atoms with Crippen molar-refractivity contribution in [3.63, 3.8) is 0 Å². The van der Waals surface area contributed by atoms with Gasteiger partial charge >= 0.3 is 0 Å². The third kappa shape index (κ3) is 2.85. The van der Waals surface area contributed by atoms with Crippen molar-refractivity contribution in [3.05, 3.63) is 45.1 Å². The quantitative estimate of drug-likeness (QED) is 0.900. The van der Waals surface area contributed by atoms with Gasteiger partial charge in [-0.05, 0) is 47.5 Å². The van der Waals surface area contributed by atoms with Crippen LogP contribution in [-0.4, -0.2) is 16.9 Å². The maximum absolute atomic E-state index is 6.35. The molecule has 2 rings (SSSR count). The van der Waals surface area contributed by atoms with Crippen molar-refractivity contribution < 1.29 is 4.74 Å². The molecule has 0 amide bonds. The molecule has 1 aromatic carbocycles. The predicted molar refractivity (Wildman–Crippen MR) is 84.3 cm³/mol. The molecule has 0 radical (unpaired) electrons. The molecule has 2 N–H and O–H groups in total. The Bertz CT molecular complexity index is 612. The summed E-state index contributed by atoms with van der Waals surface area (Å²) in [6, 6.07) is 5.61. The Balaban J connectivity index is 2.43. The van der Waals surface area contributed by atoms with Gasteiger partial charge in [0.2, 0.25) is 0 Å². The molecule has 1 heterocycles. The minimum Gasteiger partial charge on any atom is -0.496 e. The average molecular weight is 359 g/mol. The van der Waals surface area contributed by atoms with Crippen molar-refractivity contribution in [1.29, 1.82) is 0 Å². The molecular formula is C14H17BrClN3O. The van der Waals surface area contributed by atoms with Crippen LogP contribution in [0, 0.1) is 0 Å². The van der Waals surface area contributed by atoms with Gasteiger partial charge in [-0.2, -0.15) is 5.10 Å². The number of hydrogen-bond donors (Lipinski definition) is 1. The largest absolute Gasteiger partial charge is 0.496 e. The Kier molecular flexibility index (Phi) is 4.73. The second-order valence-corrected chi connectivity index (χ2v) is 6.05. The van der Waals surface area contributed by atoms with Crippen molar-refractivity contribution in [2.75, 3.05) is 7.11 Å². The van der Waals surface area contributed by atoms with Gasteiger partial charge in [-0.1, -0.05) is 17.7 Å². The summed E-state index contributed by atoms with van der Waals surface area (Å²) in [6.07, 6.45) is 1.63. The molecule has 0 spiro atoms. The minimum absolute atomic E-state index is 0.199. The molecule has 0 saturated carbocycles. The number of nitrogens with zero attached hydrogens (tertiary/aromatic N) is 2. The van der Waals surface area contributed by atoms with Crippen LogP contribution in [0.4, 0.5) is 0 Å². The number of halogens is 2. The SMILES string of the molecule is COc1ccc(C(N)c2c(Cl)cnn2C(C)C)cc1Br. The third-order valence-corrected chi connectivity index (χ3v) is 4.02. The maximum Gasteiger partial charge on any atom is 0.133 e. The zero-order valence-electron chi connectivity index (χ0n) is 11.6. The molecular weight excluding hydrogens is 342 g/mol. The first-order valence-corrected chi connectivity index (χ1v) is 7.44. The van der Waals surface area contributed by atoms with Gasteiger partial charge in [0.05, 0.1) is 34.5 Å². The van der Waals surface area contributed by atoms with Crippen molar-refractivity contribution in [1.82, 2.24) is 9.78 Å². The minimum atomic E-state index is -0.338. The molecule has 108 valence electrons. The lowest BCUT2D eigenvalue weighted by atomic mass is 10.0. The molecule has 2 aromatic rings. The van der Waals surface area contributed by atoms with E-state index in [-0.39, 0.29) is 12.1 Å². The topological polar surface area (TPSA) is 53.1 Å². The molecule has 0 saturated heterocycles. The van der Waals surface area contributed by atoms with E-state index >= 15 is 0 Å². The van der Waals surface area contributed by atoms with Crippen LogP contribution in [0.1, 0.15) is 37.2 Å². The number of rotatable bonds is 4. The molecule has 0 aliphatic rings. The Hall–Kier alpha value is -1.04. The Morgan fingerprint density at radius 2 is 2.10 bits per heavy atom. The summed E-state index contributed by atoms with van der Waals surface area (Å²) >= 11 is 9.70. The van der Waals surface area contributed by atoms with Gasteiger partial charge in [0.1, 0.15) is 5.75 Å². The molecule has 1 aromatic heterocycles. The molecule has 4 nitrogen and oxygen atoms in total.